The fourth-order valence-corrected chi connectivity index (χ4v) is 1.86. The molecule has 1 heterocycles. The second-order valence-corrected chi connectivity index (χ2v) is 4.49. The fraction of sp³-hybridized carbons (Fsp3) is 0.308. The van der Waals surface area contributed by atoms with Crippen LogP contribution in [0.4, 0.5) is 5.69 Å². The van der Waals surface area contributed by atoms with Crippen LogP contribution in [0.1, 0.15) is 6.92 Å². The van der Waals surface area contributed by atoms with E-state index in [-0.39, 0.29) is 0 Å². The number of aliphatic carboxylic acids is 1. The molecule has 0 aliphatic rings. The minimum Gasteiger partial charge on any atom is -0.481 e. The number of anilines is 1. The van der Waals surface area contributed by atoms with Gasteiger partial charge in [-0.05, 0) is 25.1 Å². The topological polar surface area (TPSA) is 75.4 Å². The molecule has 0 saturated carbocycles. The van der Waals surface area contributed by atoms with Crippen LogP contribution < -0.4 is 4.90 Å². The van der Waals surface area contributed by atoms with Crippen molar-refractivity contribution in [1.29, 1.82) is 0 Å². The number of rotatable bonds is 3. The van der Waals surface area contributed by atoms with Gasteiger partial charge in [-0.3, -0.25) is 9.59 Å². The monoisotopic (exact) mass is 261 g/mol. The molecule has 2 rings (SSSR count). The lowest BCUT2D eigenvalue weighted by Gasteiger charge is -2.19. The van der Waals surface area contributed by atoms with Gasteiger partial charge in [-0.2, -0.15) is 0 Å². The Hall–Kier alpha value is -2.37. The van der Waals surface area contributed by atoms with Crippen LogP contribution in [-0.2, 0) is 16.6 Å². The van der Waals surface area contributed by atoms with Crippen molar-refractivity contribution < 1.29 is 14.7 Å². The largest absolute Gasteiger partial charge is 0.481 e. The predicted octanol–water partition coefficient (Wildman–Crippen LogP) is 1.26. The number of carbonyl (C=O) groups excluding carboxylic acids is 1. The SMILES string of the molecule is CC(C(=O)O)C(=O)N(C)c1ccc2c(c1)ncn2C. The Morgan fingerprint density at radius 2 is 2.11 bits per heavy atom. The first-order valence-corrected chi connectivity index (χ1v) is 5.83. The molecule has 1 N–H and O–H groups in total. The summed E-state index contributed by atoms with van der Waals surface area (Å²) in [5.41, 5.74) is 2.35. The summed E-state index contributed by atoms with van der Waals surface area (Å²) in [5.74, 6) is -2.65. The van der Waals surface area contributed by atoms with Gasteiger partial charge in [-0.15, -0.1) is 0 Å². The van der Waals surface area contributed by atoms with Gasteiger partial charge >= 0.3 is 5.97 Å². The molecule has 1 aromatic heterocycles. The predicted molar refractivity (Wildman–Crippen MR) is 70.9 cm³/mol. The number of nitrogens with zero attached hydrogens (tertiary/aromatic N) is 3. The molecule has 0 bridgehead atoms. The van der Waals surface area contributed by atoms with Crippen molar-refractivity contribution in [1.82, 2.24) is 9.55 Å². The standard InChI is InChI=1S/C13H15N3O3/c1-8(13(18)19)12(17)16(3)9-4-5-11-10(6-9)14-7-15(11)2/h4-8H,1-3H3,(H,18,19). The lowest BCUT2D eigenvalue weighted by molar-refractivity contribution is -0.145. The molecule has 0 saturated heterocycles. The van der Waals surface area contributed by atoms with Gasteiger partial charge in [0.2, 0.25) is 5.91 Å². The zero-order valence-electron chi connectivity index (χ0n) is 11.0. The number of carboxylic acid groups (broad SMARTS) is 1. The number of carboxylic acids is 1. The van der Waals surface area contributed by atoms with Crippen LogP contribution in [0.5, 0.6) is 0 Å². The van der Waals surface area contributed by atoms with E-state index in [0.29, 0.717) is 5.69 Å². The highest BCUT2D eigenvalue weighted by Crippen LogP contribution is 2.21. The summed E-state index contributed by atoms with van der Waals surface area (Å²) >= 11 is 0. The highest BCUT2D eigenvalue weighted by Gasteiger charge is 2.24. The maximum Gasteiger partial charge on any atom is 0.315 e. The van der Waals surface area contributed by atoms with Crippen molar-refractivity contribution in [3.63, 3.8) is 0 Å². The van der Waals surface area contributed by atoms with Crippen LogP contribution in [0.15, 0.2) is 24.5 Å². The highest BCUT2D eigenvalue weighted by atomic mass is 16.4. The van der Waals surface area contributed by atoms with E-state index < -0.39 is 17.8 Å². The fourth-order valence-electron chi connectivity index (χ4n) is 1.86. The average Bonchev–Trinajstić information content (AvgIpc) is 2.77. The first-order valence-electron chi connectivity index (χ1n) is 5.83. The van der Waals surface area contributed by atoms with Gasteiger partial charge in [-0.25, -0.2) is 4.98 Å². The van der Waals surface area contributed by atoms with Gasteiger partial charge in [0.05, 0.1) is 17.4 Å². The lowest BCUT2D eigenvalue weighted by Crippen LogP contribution is -2.35. The minimum absolute atomic E-state index is 0.456. The molecule has 0 aliphatic heterocycles. The second-order valence-electron chi connectivity index (χ2n) is 4.49. The molecule has 2 aromatic rings. The quantitative estimate of drug-likeness (QED) is 0.844. The number of benzene rings is 1. The van der Waals surface area contributed by atoms with E-state index in [4.69, 9.17) is 5.11 Å². The number of hydrogen-bond donors (Lipinski definition) is 1. The average molecular weight is 261 g/mol. The maximum absolute atomic E-state index is 11.9. The third-order valence-corrected chi connectivity index (χ3v) is 3.17. The smallest absolute Gasteiger partial charge is 0.315 e. The number of fused-ring (bicyclic) bond motifs is 1. The van der Waals surface area contributed by atoms with Crippen molar-refractivity contribution in [3.8, 4) is 0 Å². The first-order chi connectivity index (χ1) is 8.91. The van der Waals surface area contributed by atoms with Crippen LogP contribution in [0.3, 0.4) is 0 Å². The van der Waals surface area contributed by atoms with Gasteiger partial charge in [0.1, 0.15) is 5.92 Å². The Kier molecular flexibility index (Phi) is 3.25. The van der Waals surface area contributed by atoms with Gasteiger partial charge in [0.15, 0.2) is 0 Å². The summed E-state index contributed by atoms with van der Waals surface area (Å²) in [6, 6.07) is 5.39. The van der Waals surface area contributed by atoms with Gasteiger partial charge < -0.3 is 14.6 Å². The number of amides is 1. The van der Waals surface area contributed by atoms with Crippen LogP contribution >= 0.6 is 0 Å². The molecule has 6 nitrogen and oxygen atoms in total. The number of imidazole rings is 1. The summed E-state index contributed by atoms with van der Waals surface area (Å²) in [5, 5.41) is 8.86. The zero-order valence-corrected chi connectivity index (χ0v) is 11.0. The lowest BCUT2D eigenvalue weighted by atomic mass is 10.1. The molecule has 1 atom stereocenters. The minimum atomic E-state index is -1.13. The Labute approximate surface area is 110 Å². The van der Waals surface area contributed by atoms with Crippen LogP contribution in [0, 0.1) is 5.92 Å². The summed E-state index contributed by atoms with van der Waals surface area (Å²) in [7, 11) is 3.45. The number of aromatic nitrogens is 2. The zero-order chi connectivity index (χ0) is 14.2. The maximum atomic E-state index is 11.9. The van der Waals surface area contributed by atoms with Gasteiger partial charge in [-0.1, -0.05) is 0 Å². The third kappa shape index (κ3) is 2.29. The van der Waals surface area contributed by atoms with Crippen LogP contribution in [0.25, 0.3) is 11.0 Å². The molecule has 1 aromatic carbocycles. The van der Waals surface area contributed by atoms with Crippen molar-refractivity contribution in [2.45, 2.75) is 6.92 Å². The van der Waals surface area contributed by atoms with Gasteiger partial charge in [0.25, 0.3) is 0 Å². The van der Waals surface area contributed by atoms with Crippen molar-refractivity contribution in [3.05, 3.63) is 24.5 Å². The van der Waals surface area contributed by atoms with Crippen molar-refractivity contribution >= 4 is 28.6 Å². The number of hydrogen-bond acceptors (Lipinski definition) is 3. The molecule has 0 spiro atoms. The van der Waals surface area contributed by atoms with Crippen LogP contribution in [-0.4, -0.2) is 33.6 Å². The number of aryl methyl sites for hydroxylation is 1. The molecule has 1 amide bonds. The molecule has 100 valence electrons. The molecular formula is C13H15N3O3. The Balaban J connectivity index is 2.33. The summed E-state index contributed by atoms with van der Waals surface area (Å²) in [6.45, 7) is 1.38. The molecule has 6 heteroatoms. The summed E-state index contributed by atoms with van der Waals surface area (Å²) in [6.07, 6.45) is 1.69. The van der Waals surface area contributed by atoms with E-state index in [1.807, 2.05) is 17.7 Å². The van der Waals surface area contributed by atoms with E-state index in [2.05, 4.69) is 4.98 Å². The van der Waals surface area contributed by atoms with E-state index in [9.17, 15) is 9.59 Å². The Bertz CT molecular complexity index is 648. The first kappa shape index (κ1) is 13.1. The Morgan fingerprint density at radius 1 is 1.42 bits per heavy atom. The molecule has 0 fully saturated rings. The van der Waals surface area contributed by atoms with E-state index in [1.165, 1.54) is 11.8 Å². The van der Waals surface area contributed by atoms with Crippen LogP contribution in [0.2, 0.25) is 0 Å². The van der Waals surface area contributed by atoms with Crippen molar-refractivity contribution in [2.75, 3.05) is 11.9 Å². The van der Waals surface area contributed by atoms with E-state index in [0.717, 1.165) is 11.0 Å². The van der Waals surface area contributed by atoms with E-state index >= 15 is 0 Å². The molecule has 1 unspecified atom stereocenters. The van der Waals surface area contributed by atoms with Gasteiger partial charge in [0, 0.05) is 19.8 Å². The summed E-state index contributed by atoms with van der Waals surface area (Å²) < 4.78 is 1.88. The van der Waals surface area contributed by atoms with E-state index in [1.54, 1.807) is 25.5 Å². The molecule has 0 radical (unpaired) electrons. The third-order valence-electron chi connectivity index (χ3n) is 3.17. The Morgan fingerprint density at radius 3 is 2.74 bits per heavy atom. The second kappa shape index (κ2) is 4.72. The normalized spacial score (nSPS) is 12.4. The molecular weight excluding hydrogens is 246 g/mol. The molecule has 0 aliphatic carbocycles. The molecule has 19 heavy (non-hydrogen) atoms. The highest BCUT2D eigenvalue weighted by molar-refractivity contribution is 6.05. The number of carbonyl (C=O) groups is 2. The van der Waals surface area contributed by atoms with Crippen molar-refractivity contribution in [2.24, 2.45) is 13.0 Å². The summed E-state index contributed by atoms with van der Waals surface area (Å²) in [4.78, 5) is 28.3.